The maximum absolute atomic E-state index is 10.6. The van der Waals surface area contributed by atoms with Crippen LogP contribution in [0.5, 0.6) is 11.5 Å². The van der Waals surface area contributed by atoms with Crippen LogP contribution in [0.1, 0.15) is 50.7 Å². The monoisotopic (exact) mass is 404 g/mol. The Morgan fingerprint density at radius 3 is 2.66 bits per heavy atom. The Kier molecular flexibility index (Phi) is 8.00. The zero-order valence-electron chi connectivity index (χ0n) is 18.0. The molecule has 1 saturated heterocycles. The number of methoxy groups -OCH3 is 2. The van der Waals surface area contributed by atoms with Gasteiger partial charge >= 0.3 is 0 Å². The fourth-order valence-corrected chi connectivity index (χ4v) is 4.36. The van der Waals surface area contributed by atoms with E-state index in [9.17, 15) is 5.11 Å². The second-order valence-electron chi connectivity index (χ2n) is 7.91. The van der Waals surface area contributed by atoms with E-state index in [1.54, 1.807) is 26.4 Å². The van der Waals surface area contributed by atoms with E-state index in [0.717, 1.165) is 43.6 Å². The van der Waals surface area contributed by atoms with Crippen LogP contribution >= 0.6 is 0 Å². The Labute approximate surface area is 174 Å². The molecule has 7 nitrogen and oxygen atoms in total. The first-order valence-electron chi connectivity index (χ1n) is 10.8. The summed E-state index contributed by atoms with van der Waals surface area (Å²) in [5.41, 5.74) is 0.760. The minimum atomic E-state index is -0.705. The first-order valence-corrected chi connectivity index (χ1v) is 10.8. The first kappa shape index (κ1) is 21.7. The fraction of sp³-hybridized carbons (Fsp3) is 0.682. The molecule has 3 rings (SSSR count). The third kappa shape index (κ3) is 5.76. The van der Waals surface area contributed by atoms with E-state index in [4.69, 9.17) is 9.47 Å². The van der Waals surface area contributed by atoms with E-state index >= 15 is 0 Å². The predicted octanol–water partition coefficient (Wildman–Crippen LogP) is 2.31. The Hall–Kier alpha value is -1.99. The molecule has 0 aromatic heterocycles. The molecule has 2 fully saturated rings. The molecule has 2 atom stereocenters. The lowest BCUT2D eigenvalue weighted by molar-refractivity contribution is 0.186. The van der Waals surface area contributed by atoms with E-state index in [0.29, 0.717) is 17.5 Å². The molecule has 0 amide bonds. The summed E-state index contributed by atoms with van der Waals surface area (Å²) in [7, 11) is 3.19. The van der Waals surface area contributed by atoms with Gasteiger partial charge in [0.05, 0.1) is 26.9 Å². The van der Waals surface area contributed by atoms with Gasteiger partial charge in [-0.15, -0.1) is 0 Å². The Morgan fingerprint density at radius 2 is 1.97 bits per heavy atom. The molecular weight excluding hydrogens is 368 g/mol. The van der Waals surface area contributed by atoms with Crippen molar-refractivity contribution in [1.82, 2.24) is 15.5 Å². The predicted molar refractivity (Wildman–Crippen MR) is 116 cm³/mol. The second kappa shape index (κ2) is 10.7. The molecule has 0 spiro atoms. The minimum Gasteiger partial charge on any atom is -0.493 e. The van der Waals surface area contributed by atoms with Crippen molar-refractivity contribution >= 4 is 5.96 Å². The van der Waals surface area contributed by atoms with Gasteiger partial charge < -0.3 is 25.2 Å². The number of likely N-dealkylation sites (tertiary alicyclic amines) is 1. The molecule has 2 unspecified atom stereocenters. The molecule has 7 heteroatoms. The van der Waals surface area contributed by atoms with Crippen LogP contribution in [0.2, 0.25) is 0 Å². The highest BCUT2D eigenvalue weighted by Gasteiger charge is 2.30. The molecule has 1 aliphatic heterocycles. The third-order valence-electron chi connectivity index (χ3n) is 5.96. The van der Waals surface area contributed by atoms with Crippen molar-refractivity contribution in [3.63, 3.8) is 0 Å². The number of benzene rings is 1. The average Bonchev–Trinajstić information content (AvgIpc) is 3.43. The summed E-state index contributed by atoms with van der Waals surface area (Å²) in [6.45, 7) is 5.37. The number of aliphatic imine (C=N–C) groups is 1. The van der Waals surface area contributed by atoms with E-state index in [-0.39, 0.29) is 6.54 Å². The Balaban J connectivity index is 1.57. The molecule has 1 aromatic rings. The van der Waals surface area contributed by atoms with E-state index < -0.39 is 6.10 Å². The van der Waals surface area contributed by atoms with Crippen LogP contribution in [0.3, 0.4) is 0 Å². The summed E-state index contributed by atoms with van der Waals surface area (Å²) >= 11 is 0. The van der Waals surface area contributed by atoms with Gasteiger partial charge in [-0.05, 0) is 43.9 Å². The molecule has 0 bridgehead atoms. The second-order valence-corrected chi connectivity index (χ2v) is 7.91. The molecule has 162 valence electrons. The van der Waals surface area contributed by atoms with Crippen molar-refractivity contribution in [3.05, 3.63) is 23.8 Å². The van der Waals surface area contributed by atoms with Gasteiger partial charge in [0.1, 0.15) is 0 Å². The maximum atomic E-state index is 10.6. The summed E-state index contributed by atoms with van der Waals surface area (Å²) in [5.74, 6) is 2.02. The number of aliphatic hydroxyl groups excluding tert-OH is 1. The molecule has 2 aliphatic rings. The lowest BCUT2D eigenvalue weighted by Gasteiger charge is -2.24. The van der Waals surface area contributed by atoms with Gasteiger partial charge in [0.25, 0.3) is 0 Å². The van der Waals surface area contributed by atoms with Gasteiger partial charge in [0.2, 0.25) is 0 Å². The van der Waals surface area contributed by atoms with Crippen LogP contribution in [0.4, 0.5) is 0 Å². The SMILES string of the molecule is CCNC(=NCC(O)c1ccc(OC)c(OC)c1)NC1CCN(C2CCCC2)C1. The van der Waals surface area contributed by atoms with Crippen LogP contribution in [0.15, 0.2) is 23.2 Å². The van der Waals surface area contributed by atoms with Gasteiger partial charge in [-0.1, -0.05) is 18.9 Å². The number of nitrogens with zero attached hydrogens (tertiary/aromatic N) is 2. The minimum absolute atomic E-state index is 0.282. The van der Waals surface area contributed by atoms with Crippen molar-refractivity contribution in [2.24, 2.45) is 4.99 Å². The smallest absolute Gasteiger partial charge is 0.191 e. The molecule has 29 heavy (non-hydrogen) atoms. The fourth-order valence-electron chi connectivity index (χ4n) is 4.36. The Bertz CT molecular complexity index is 676. The van der Waals surface area contributed by atoms with Gasteiger partial charge in [-0.2, -0.15) is 0 Å². The molecule has 1 aromatic carbocycles. The zero-order valence-corrected chi connectivity index (χ0v) is 18.0. The maximum Gasteiger partial charge on any atom is 0.191 e. The van der Waals surface area contributed by atoms with Crippen LogP contribution in [-0.4, -0.2) is 68.4 Å². The number of nitrogens with one attached hydrogen (secondary N) is 2. The van der Waals surface area contributed by atoms with Gasteiger partial charge in [0, 0.05) is 31.7 Å². The lowest BCUT2D eigenvalue weighted by Crippen LogP contribution is -2.45. The molecule has 1 aliphatic carbocycles. The summed E-state index contributed by atoms with van der Waals surface area (Å²) in [6, 6.07) is 6.63. The highest BCUT2D eigenvalue weighted by molar-refractivity contribution is 5.80. The zero-order chi connectivity index (χ0) is 20.6. The molecule has 1 heterocycles. The highest BCUT2D eigenvalue weighted by Crippen LogP contribution is 2.30. The largest absolute Gasteiger partial charge is 0.493 e. The summed E-state index contributed by atoms with van der Waals surface area (Å²) in [6.07, 6.45) is 5.87. The normalized spacial score (nSPS) is 21.9. The number of guanidine groups is 1. The van der Waals surface area contributed by atoms with Crippen molar-refractivity contribution < 1.29 is 14.6 Å². The van der Waals surface area contributed by atoms with E-state index in [1.165, 1.54) is 25.7 Å². The van der Waals surface area contributed by atoms with Gasteiger partial charge in [-0.25, -0.2) is 0 Å². The number of hydrogen-bond acceptors (Lipinski definition) is 5. The summed E-state index contributed by atoms with van der Waals surface area (Å²) in [5, 5.41) is 17.5. The first-order chi connectivity index (χ1) is 14.1. The standard InChI is InChI=1S/C22H36N4O3/c1-4-23-22(25-17-11-12-26(15-17)18-7-5-6-8-18)24-14-19(27)16-9-10-20(28-2)21(13-16)29-3/h9-10,13,17-19,27H,4-8,11-12,14-15H2,1-3H3,(H2,23,24,25). The van der Waals surface area contributed by atoms with Gasteiger partial charge in [0.15, 0.2) is 17.5 Å². The molecular formula is C22H36N4O3. The van der Waals surface area contributed by atoms with Crippen LogP contribution < -0.4 is 20.1 Å². The lowest BCUT2D eigenvalue weighted by atomic mass is 10.1. The summed E-state index contributed by atoms with van der Waals surface area (Å²) in [4.78, 5) is 7.26. The van der Waals surface area contributed by atoms with Crippen molar-refractivity contribution in [2.75, 3.05) is 40.4 Å². The third-order valence-corrected chi connectivity index (χ3v) is 5.96. The van der Waals surface area contributed by atoms with Crippen molar-refractivity contribution in [2.45, 2.75) is 57.2 Å². The number of rotatable bonds is 8. The molecule has 0 radical (unpaired) electrons. The van der Waals surface area contributed by atoms with Crippen LogP contribution in [0.25, 0.3) is 0 Å². The quantitative estimate of drug-likeness (QED) is 0.456. The van der Waals surface area contributed by atoms with Crippen molar-refractivity contribution in [1.29, 1.82) is 0 Å². The van der Waals surface area contributed by atoms with E-state index in [1.807, 2.05) is 6.07 Å². The number of aliphatic hydroxyl groups is 1. The summed E-state index contributed by atoms with van der Waals surface area (Å²) < 4.78 is 10.6. The number of hydrogen-bond donors (Lipinski definition) is 3. The van der Waals surface area contributed by atoms with Crippen LogP contribution in [0, 0.1) is 0 Å². The average molecular weight is 405 g/mol. The Morgan fingerprint density at radius 1 is 1.21 bits per heavy atom. The van der Waals surface area contributed by atoms with E-state index in [2.05, 4.69) is 27.4 Å². The highest BCUT2D eigenvalue weighted by atomic mass is 16.5. The molecule has 1 saturated carbocycles. The van der Waals surface area contributed by atoms with Crippen molar-refractivity contribution in [3.8, 4) is 11.5 Å². The van der Waals surface area contributed by atoms with Gasteiger partial charge in [-0.3, -0.25) is 9.89 Å². The molecule has 3 N–H and O–H groups in total. The topological polar surface area (TPSA) is 78.4 Å². The van der Waals surface area contributed by atoms with Crippen LogP contribution in [-0.2, 0) is 0 Å². The number of ether oxygens (including phenoxy) is 2.